The molecule has 0 aromatic rings. The van der Waals surface area contributed by atoms with Crippen molar-refractivity contribution in [3.63, 3.8) is 0 Å². The molecule has 0 saturated carbocycles. The van der Waals surface area contributed by atoms with Crippen LogP contribution in [0, 0.1) is 11.8 Å². The molecule has 2 atom stereocenters. The highest BCUT2D eigenvalue weighted by atomic mass is 16.2. The molecule has 2 aliphatic rings. The Morgan fingerprint density at radius 1 is 1.23 bits per heavy atom. The van der Waals surface area contributed by atoms with Crippen LogP contribution in [0.15, 0.2) is 0 Å². The van der Waals surface area contributed by atoms with Gasteiger partial charge < -0.3 is 10.2 Å². The molecule has 2 saturated heterocycles. The average molecular weight is 182 g/mol. The van der Waals surface area contributed by atoms with Crippen LogP contribution in [0.5, 0.6) is 0 Å². The third-order valence-electron chi connectivity index (χ3n) is 3.46. The molecule has 1 N–H and O–H groups in total. The van der Waals surface area contributed by atoms with E-state index in [0.717, 1.165) is 38.0 Å². The third-order valence-corrected chi connectivity index (χ3v) is 3.46. The van der Waals surface area contributed by atoms with Crippen LogP contribution >= 0.6 is 0 Å². The Balaban J connectivity index is 1.95. The van der Waals surface area contributed by atoms with Crippen LogP contribution in [0.1, 0.15) is 19.8 Å². The predicted molar refractivity (Wildman–Crippen MR) is 51.3 cm³/mol. The van der Waals surface area contributed by atoms with Crippen LogP contribution in [0.2, 0.25) is 0 Å². The Morgan fingerprint density at radius 2 is 1.77 bits per heavy atom. The van der Waals surface area contributed by atoms with Crippen LogP contribution in [-0.4, -0.2) is 37.0 Å². The van der Waals surface area contributed by atoms with Gasteiger partial charge in [0.15, 0.2) is 0 Å². The Labute approximate surface area is 79.5 Å². The monoisotopic (exact) mass is 182 g/mol. The fourth-order valence-electron chi connectivity index (χ4n) is 2.53. The van der Waals surface area contributed by atoms with Gasteiger partial charge in [-0.3, -0.25) is 4.79 Å². The number of likely N-dealkylation sites (tertiary alicyclic amines) is 1. The zero-order chi connectivity index (χ0) is 9.26. The van der Waals surface area contributed by atoms with E-state index in [-0.39, 0.29) is 5.91 Å². The highest BCUT2D eigenvalue weighted by Crippen LogP contribution is 2.26. The maximum atomic E-state index is 11.2. The molecule has 2 heterocycles. The van der Waals surface area contributed by atoms with Gasteiger partial charge in [0, 0.05) is 20.0 Å². The summed E-state index contributed by atoms with van der Waals surface area (Å²) in [6.07, 6.45) is 2.38. The van der Waals surface area contributed by atoms with Gasteiger partial charge in [0.05, 0.1) is 0 Å². The van der Waals surface area contributed by atoms with Crippen LogP contribution < -0.4 is 5.32 Å². The lowest BCUT2D eigenvalue weighted by Crippen LogP contribution is -2.30. The van der Waals surface area contributed by atoms with Crippen LogP contribution in [0.25, 0.3) is 0 Å². The molecule has 0 spiro atoms. The summed E-state index contributed by atoms with van der Waals surface area (Å²) in [6, 6.07) is 0. The van der Waals surface area contributed by atoms with Crippen molar-refractivity contribution in [2.45, 2.75) is 19.8 Å². The molecule has 2 aliphatic heterocycles. The van der Waals surface area contributed by atoms with E-state index >= 15 is 0 Å². The minimum atomic E-state index is 0.243. The second kappa shape index (κ2) is 3.66. The van der Waals surface area contributed by atoms with Gasteiger partial charge in [-0.25, -0.2) is 0 Å². The van der Waals surface area contributed by atoms with Crippen molar-refractivity contribution in [2.75, 3.05) is 26.2 Å². The molecule has 1 amide bonds. The van der Waals surface area contributed by atoms with Crippen molar-refractivity contribution in [2.24, 2.45) is 11.8 Å². The first-order valence-corrected chi connectivity index (χ1v) is 5.23. The second-order valence-corrected chi connectivity index (χ2v) is 4.26. The Morgan fingerprint density at radius 3 is 2.23 bits per heavy atom. The van der Waals surface area contributed by atoms with Gasteiger partial charge in [0.25, 0.3) is 0 Å². The molecule has 0 radical (unpaired) electrons. The summed E-state index contributed by atoms with van der Waals surface area (Å²) >= 11 is 0. The summed E-state index contributed by atoms with van der Waals surface area (Å²) in [5.41, 5.74) is 0. The van der Waals surface area contributed by atoms with Gasteiger partial charge in [0.1, 0.15) is 0 Å². The zero-order valence-corrected chi connectivity index (χ0v) is 8.25. The van der Waals surface area contributed by atoms with Crippen LogP contribution in [-0.2, 0) is 4.79 Å². The standard InChI is InChI=1S/C10H18N2O/c1-8(13)12-4-2-9-6-11-7-10(9)3-5-12/h9-11H,2-7H2,1H3/t9-,10-/m0/s1. The first kappa shape index (κ1) is 9.00. The van der Waals surface area contributed by atoms with Crippen LogP contribution in [0.4, 0.5) is 0 Å². The Kier molecular flexibility index (Phi) is 2.54. The number of hydrogen-bond donors (Lipinski definition) is 1. The molecular weight excluding hydrogens is 164 g/mol. The third kappa shape index (κ3) is 1.85. The molecule has 3 nitrogen and oxygen atoms in total. The number of nitrogens with zero attached hydrogens (tertiary/aromatic N) is 1. The molecule has 0 unspecified atom stereocenters. The van der Waals surface area contributed by atoms with E-state index in [0.29, 0.717) is 0 Å². The van der Waals surface area contributed by atoms with Gasteiger partial charge in [-0.2, -0.15) is 0 Å². The number of fused-ring (bicyclic) bond motifs is 1. The van der Waals surface area contributed by atoms with Crippen molar-refractivity contribution in [1.29, 1.82) is 0 Å². The number of hydrogen-bond acceptors (Lipinski definition) is 2. The van der Waals surface area contributed by atoms with Crippen molar-refractivity contribution in [3.8, 4) is 0 Å². The van der Waals surface area contributed by atoms with Crippen molar-refractivity contribution >= 4 is 5.91 Å². The fourth-order valence-corrected chi connectivity index (χ4v) is 2.53. The van der Waals surface area contributed by atoms with E-state index in [1.807, 2.05) is 4.90 Å². The van der Waals surface area contributed by atoms with E-state index in [9.17, 15) is 4.79 Å². The minimum absolute atomic E-state index is 0.243. The topological polar surface area (TPSA) is 32.3 Å². The number of nitrogens with one attached hydrogen (secondary N) is 1. The van der Waals surface area contributed by atoms with E-state index < -0.39 is 0 Å². The molecule has 2 fully saturated rings. The summed E-state index contributed by atoms with van der Waals surface area (Å²) in [4.78, 5) is 13.2. The largest absolute Gasteiger partial charge is 0.343 e. The maximum Gasteiger partial charge on any atom is 0.219 e. The van der Waals surface area contributed by atoms with Crippen molar-refractivity contribution < 1.29 is 4.79 Å². The minimum Gasteiger partial charge on any atom is -0.343 e. The van der Waals surface area contributed by atoms with Crippen molar-refractivity contribution in [1.82, 2.24) is 10.2 Å². The van der Waals surface area contributed by atoms with Gasteiger partial charge in [-0.05, 0) is 37.8 Å². The average Bonchev–Trinajstić information content (AvgIpc) is 2.44. The first-order valence-electron chi connectivity index (χ1n) is 5.23. The summed E-state index contributed by atoms with van der Waals surface area (Å²) in [6.45, 7) is 5.95. The van der Waals surface area contributed by atoms with E-state index in [1.54, 1.807) is 6.92 Å². The van der Waals surface area contributed by atoms with E-state index in [1.165, 1.54) is 12.8 Å². The number of rotatable bonds is 0. The molecule has 2 rings (SSSR count). The Hall–Kier alpha value is -0.570. The number of carbonyl (C=O) groups is 1. The summed E-state index contributed by atoms with van der Waals surface area (Å²) in [5.74, 6) is 1.89. The van der Waals surface area contributed by atoms with E-state index in [2.05, 4.69) is 5.32 Å². The lowest BCUT2D eigenvalue weighted by molar-refractivity contribution is -0.128. The number of amides is 1. The summed E-state index contributed by atoms with van der Waals surface area (Å²) in [5, 5.41) is 3.43. The summed E-state index contributed by atoms with van der Waals surface area (Å²) in [7, 11) is 0. The van der Waals surface area contributed by atoms with Gasteiger partial charge in [-0.1, -0.05) is 0 Å². The smallest absolute Gasteiger partial charge is 0.219 e. The normalized spacial score (nSPS) is 34.1. The van der Waals surface area contributed by atoms with Crippen LogP contribution in [0.3, 0.4) is 0 Å². The highest BCUT2D eigenvalue weighted by Gasteiger charge is 2.30. The van der Waals surface area contributed by atoms with Gasteiger partial charge in [0.2, 0.25) is 5.91 Å². The predicted octanol–water partition coefficient (Wildman–Crippen LogP) is 0.464. The van der Waals surface area contributed by atoms with Crippen molar-refractivity contribution in [3.05, 3.63) is 0 Å². The van der Waals surface area contributed by atoms with Gasteiger partial charge >= 0.3 is 0 Å². The van der Waals surface area contributed by atoms with E-state index in [4.69, 9.17) is 0 Å². The molecule has 3 heteroatoms. The second-order valence-electron chi connectivity index (χ2n) is 4.26. The molecule has 0 aromatic carbocycles. The molecule has 74 valence electrons. The highest BCUT2D eigenvalue weighted by molar-refractivity contribution is 5.73. The lowest BCUT2D eigenvalue weighted by atomic mass is 9.92. The zero-order valence-electron chi connectivity index (χ0n) is 8.25. The fraction of sp³-hybridized carbons (Fsp3) is 0.900. The Bertz CT molecular complexity index is 191. The first-order chi connectivity index (χ1) is 6.27. The molecule has 0 aliphatic carbocycles. The SMILES string of the molecule is CC(=O)N1CC[C@H]2CNC[C@@H]2CC1. The molecule has 0 bridgehead atoms. The maximum absolute atomic E-state index is 11.2. The van der Waals surface area contributed by atoms with Gasteiger partial charge in [-0.15, -0.1) is 0 Å². The quantitative estimate of drug-likeness (QED) is 0.590. The molecule has 0 aromatic heterocycles. The molecular formula is C10H18N2O. The summed E-state index contributed by atoms with van der Waals surface area (Å²) < 4.78 is 0. The molecule has 13 heavy (non-hydrogen) atoms. The lowest BCUT2D eigenvalue weighted by Gasteiger charge is -2.18. The number of carbonyl (C=O) groups excluding carboxylic acids is 1.